The van der Waals surface area contributed by atoms with Crippen molar-refractivity contribution in [2.24, 2.45) is 0 Å². The van der Waals surface area contributed by atoms with Crippen molar-refractivity contribution in [3.8, 4) is 11.4 Å². The second-order valence-electron chi connectivity index (χ2n) is 6.93. The van der Waals surface area contributed by atoms with Gasteiger partial charge in [-0.25, -0.2) is 19.3 Å². The summed E-state index contributed by atoms with van der Waals surface area (Å²) >= 11 is 0. The molecular formula is C20H17FN6O. The summed E-state index contributed by atoms with van der Waals surface area (Å²) in [6, 6.07) is 4.73. The van der Waals surface area contributed by atoms with E-state index in [0.717, 1.165) is 28.7 Å². The number of halogens is 1. The van der Waals surface area contributed by atoms with E-state index in [9.17, 15) is 9.18 Å². The Morgan fingerprint density at radius 3 is 2.93 bits per heavy atom. The first-order valence-corrected chi connectivity index (χ1v) is 9.03. The fraction of sp³-hybridized carbons (Fsp3) is 0.200. The number of rotatable bonds is 3. The van der Waals surface area contributed by atoms with Crippen molar-refractivity contribution in [3.63, 3.8) is 0 Å². The fourth-order valence-corrected chi connectivity index (χ4v) is 3.70. The van der Waals surface area contributed by atoms with Gasteiger partial charge in [-0.05, 0) is 23.8 Å². The van der Waals surface area contributed by atoms with Crippen LogP contribution in [0.15, 0.2) is 47.9 Å². The molecule has 0 radical (unpaired) electrons. The molecule has 0 spiro atoms. The summed E-state index contributed by atoms with van der Waals surface area (Å²) in [6.45, 7) is 1.91. The molecular weight excluding hydrogens is 359 g/mol. The molecule has 0 fully saturated rings. The first-order chi connectivity index (χ1) is 13.7. The highest BCUT2D eigenvalue weighted by molar-refractivity contribution is 5.83. The first kappa shape index (κ1) is 16.8. The van der Waals surface area contributed by atoms with Gasteiger partial charge in [-0.1, -0.05) is 0 Å². The third kappa shape index (κ3) is 2.97. The van der Waals surface area contributed by atoms with Crippen LogP contribution in [-0.2, 0) is 19.5 Å². The molecule has 140 valence electrons. The van der Waals surface area contributed by atoms with Crippen LogP contribution in [0.5, 0.6) is 0 Å². The molecule has 28 heavy (non-hydrogen) atoms. The molecule has 1 aromatic carbocycles. The summed E-state index contributed by atoms with van der Waals surface area (Å²) in [7, 11) is 0. The Morgan fingerprint density at radius 1 is 1.21 bits per heavy atom. The lowest BCUT2D eigenvalue weighted by molar-refractivity contribution is 0.242. The highest BCUT2D eigenvalue weighted by Gasteiger charge is 2.22. The van der Waals surface area contributed by atoms with E-state index in [1.807, 2.05) is 6.20 Å². The predicted octanol–water partition coefficient (Wildman–Crippen LogP) is 2.41. The van der Waals surface area contributed by atoms with Gasteiger partial charge in [0.05, 0.1) is 16.8 Å². The van der Waals surface area contributed by atoms with E-state index >= 15 is 0 Å². The van der Waals surface area contributed by atoms with Gasteiger partial charge in [-0.15, -0.1) is 0 Å². The van der Waals surface area contributed by atoms with Gasteiger partial charge in [-0.3, -0.25) is 9.69 Å². The number of benzene rings is 1. The minimum Gasteiger partial charge on any atom is -0.361 e. The smallest absolute Gasteiger partial charge is 0.255 e. The number of nitrogens with zero attached hydrogens (tertiary/aromatic N) is 4. The van der Waals surface area contributed by atoms with Crippen LogP contribution in [0, 0.1) is 5.82 Å². The number of H-pyrrole nitrogens is 2. The SMILES string of the molecule is O=c1[nH]c(-c2cncnc2)nc2c1CN(Cc1c[nH]c3ccc(F)cc13)CC2. The summed E-state index contributed by atoms with van der Waals surface area (Å²) < 4.78 is 13.6. The van der Waals surface area contributed by atoms with Crippen LogP contribution < -0.4 is 5.56 Å². The van der Waals surface area contributed by atoms with Gasteiger partial charge in [-0.2, -0.15) is 0 Å². The van der Waals surface area contributed by atoms with E-state index in [0.29, 0.717) is 36.5 Å². The maximum atomic E-state index is 13.6. The molecule has 0 aliphatic carbocycles. The molecule has 5 rings (SSSR count). The quantitative estimate of drug-likeness (QED) is 0.573. The van der Waals surface area contributed by atoms with Crippen LogP contribution in [0.3, 0.4) is 0 Å². The van der Waals surface area contributed by atoms with Gasteiger partial charge < -0.3 is 9.97 Å². The van der Waals surface area contributed by atoms with Crippen molar-refractivity contribution in [1.82, 2.24) is 29.8 Å². The van der Waals surface area contributed by atoms with Crippen LogP contribution in [0.2, 0.25) is 0 Å². The number of aromatic amines is 2. The van der Waals surface area contributed by atoms with Crippen molar-refractivity contribution in [2.45, 2.75) is 19.5 Å². The molecule has 1 aliphatic rings. The van der Waals surface area contributed by atoms with Gasteiger partial charge in [0, 0.05) is 55.5 Å². The number of nitrogens with one attached hydrogen (secondary N) is 2. The summed E-state index contributed by atoms with van der Waals surface area (Å²) in [5.41, 5.74) is 3.95. The predicted molar refractivity (Wildman–Crippen MR) is 102 cm³/mol. The minimum absolute atomic E-state index is 0.140. The Balaban J connectivity index is 1.42. The second kappa shape index (κ2) is 6.65. The van der Waals surface area contributed by atoms with E-state index in [1.165, 1.54) is 12.4 Å². The van der Waals surface area contributed by atoms with Crippen LogP contribution >= 0.6 is 0 Å². The van der Waals surface area contributed by atoms with E-state index in [1.54, 1.807) is 24.5 Å². The summed E-state index contributed by atoms with van der Waals surface area (Å²) in [4.78, 5) is 33.4. The van der Waals surface area contributed by atoms with Gasteiger partial charge in [0.15, 0.2) is 0 Å². The van der Waals surface area contributed by atoms with Crippen LogP contribution in [0.4, 0.5) is 4.39 Å². The van der Waals surface area contributed by atoms with E-state index < -0.39 is 0 Å². The van der Waals surface area contributed by atoms with E-state index in [4.69, 9.17) is 0 Å². The molecule has 0 amide bonds. The van der Waals surface area contributed by atoms with Crippen LogP contribution in [-0.4, -0.2) is 36.4 Å². The average Bonchev–Trinajstić information content (AvgIpc) is 3.11. The summed E-state index contributed by atoms with van der Waals surface area (Å²) in [5.74, 6) is 0.236. The second-order valence-corrected chi connectivity index (χ2v) is 6.93. The Morgan fingerprint density at radius 2 is 2.07 bits per heavy atom. The molecule has 1 aliphatic heterocycles. The van der Waals surface area contributed by atoms with Crippen molar-refractivity contribution < 1.29 is 4.39 Å². The fourth-order valence-electron chi connectivity index (χ4n) is 3.70. The molecule has 2 N–H and O–H groups in total. The Bertz CT molecular complexity index is 1220. The van der Waals surface area contributed by atoms with Crippen molar-refractivity contribution in [3.05, 3.63) is 76.1 Å². The van der Waals surface area contributed by atoms with Gasteiger partial charge in [0.1, 0.15) is 18.0 Å². The third-order valence-corrected chi connectivity index (χ3v) is 5.11. The third-order valence-electron chi connectivity index (χ3n) is 5.11. The largest absolute Gasteiger partial charge is 0.361 e. The molecule has 4 heterocycles. The zero-order valence-electron chi connectivity index (χ0n) is 14.9. The highest BCUT2D eigenvalue weighted by Crippen LogP contribution is 2.24. The first-order valence-electron chi connectivity index (χ1n) is 9.03. The van der Waals surface area contributed by atoms with Crippen LogP contribution in [0.1, 0.15) is 16.8 Å². The lowest BCUT2D eigenvalue weighted by atomic mass is 10.1. The van der Waals surface area contributed by atoms with Crippen LogP contribution in [0.25, 0.3) is 22.3 Å². The molecule has 0 saturated heterocycles. The van der Waals surface area contributed by atoms with E-state index in [-0.39, 0.29) is 11.4 Å². The van der Waals surface area contributed by atoms with Crippen molar-refractivity contribution in [1.29, 1.82) is 0 Å². The molecule has 4 aromatic rings. The molecule has 3 aromatic heterocycles. The maximum absolute atomic E-state index is 13.6. The Labute approximate surface area is 159 Å². The number of hydrogen-bond acceptors (Lipinski definition) is 5. The normalized spacial score (nSPS) is 14.3. The van der Waals surface area contributed by atoms with Crippen molar-refractivity contribution >= 4 is 10.9 Å². The standard InChI is InChI=1S/C20H17FN6O/c21-14-1-2-17-15(5-14)13(8-24-17)9-27-4-3-18-16(10-27)20(28)26-19(25-18)12-6-22-11-23-7-12/h1-2,5-8,11,24H,3-4,9-10H2,(H,25,26,28). The van der Waals surface area contributed by atoms with Gasteiger partial charge in [0.2, 0.25) is 0 Å². The monoisotopic (exact) mass is 376 g/mol. The molecule has 0 bridgehead atoms. The zero-order chi connectivity index (χ0) is 19.1. The van der Waals surface area contributed by atoms with Gasteiger partial charge in [0.25, 0.3) is 5.56 Å². The average molecular weight is 376 g/mol. The zero-order valence-corrected chi connectivity index (χ0v) is 14.9. The Hall–Kier alpha value is -3.39. The van der Waals surface area contributed by atoms with Crippen molar-refractivity contribution in [2.75, 3.05) is 6.54 Å². The maximum Gasteiger partial charge on any atom is 0.255 e. The number of fused-ring (bicyclic) bond motifs is 2. The molecule has 8 heteroatoms. The van der Waals surface area contributed by atoms with E-state index in [2.05, 4.69) is 29.8 Å². The summed E-state index contributed by atoms with van der Waals surface area (Å²) in [5, 5.41) is 0.872. The molecule has 0 atom stereocenters. The minimum atomic E-state index is -0.254. The lowest BCUT2D eigenvalue weighted by Crippen LogP contribution is -2.35. The lowest BCUT2D eigenvalue weighted by Gasteiger charge is -2.27. The van der Waals surface area contributed by atoms with Gasteiger partial charge >= 0.3 is 0 Å². The number of hydrogen-bond donors (Lipinski definition) is 2. The highest BCUT2D eigenvalue weighted by atomic mass is 19.1. The Kier molecular flexibility index (Phi) is 3.98. The molecule has 7 nitrogen and oxygen atoms in total. The molecule has 0 saturated carbocycles. The summed E-state index contributed by atoms with van der Waals surface area (Å²) in [6.07, 6.45) is 7.28. The topological polar surface area (TPSA) is 90.6 Å². The number of aromatic nitrogens is 5. The molecule has 0 unspecified atom stereocenters.